The third-order valence-corrected chi connectivity index (χ3v) is 1.66. The summed E-state index contributed by atoms with van der Waals surface area (Å²) in [5.41, 5.74) is 6.54. The van der Waals surface area contributed by atoms with Gasteiger partial charge in [-0.1, -0.05) is 6.07 Å². The van der Waals surface area contributed by atoms with Gasteiger partial charge in [0.1, 0.15) is 5.75 Å². The quantitative estimate of drug-likeness (QED) is 0.666. The summed E-state index contributed by atoms with van der Waals surface area (Å²) >= 11 is 0. The van der Waals surface area contributed by atoms with Crippen LogP contribution in [0, 0.1) is 6.92 Å². The summed E-state index contributed by atoms with van der Waals surface area (Å²) in [6, 6.07) is 5.06. The van der Waals surface area contributed by atoms with Crippen LogP contribution in [0.25, 0.3) is 6.08 Å². The molecule has 0 bridgehead atoms. The van der Waals surface area contributed by atoms with Crippen molar-refractivity contribution in [1.82, 2.24) is 0 Å². The molecular formula is C10H11NO2. The van der Waals surface area contributed by atoms with E-state index in [1.165, 1.54) is 6.08 Å². The van der Waals surface area contributed by atoms with Crippen LogP contribution in [0.2, 0.25) is 0 Å². The highest BCUT2D eigenvalue weighted by Crippen LogP contribution is 2.17. The molecule has 0 aliphatic heterocycles. The smallest absolute Gasteiger partial charge is 0.241 e. The van der Waals surface area contributed by atoms with E-state index in [2.05, 4.69) is 0 Å². The Labute approximate surface area is 76.5 Å². The van der Waals surface area contributed by atoms with Gasteiger partial charge in [-0.25, -0.2) is 0 Å². The molecule has 3 nitrogen and oxygen atoms in total. The van der Waals surface area contributed by atoms with E-state index in [0.29, 0.717) is 0 Å². The number of hydrogen-bond donors (Lipinski definition) is 2. The molecule has 0 aliphatic rings. The van der Waals surface area contributed by atoms with E-state index >= 15 is 0 Å². The Balaban J connectivity index is 2.92. The van der Waals surface area contributed by atoms with Gasteiger partial charge in [0.25, 0.3) is 0 Å². The van der Waals surface area contributed by atoms with Crippen molar-refractivity contribution in [3.63, 3.8) is 0 Å². The van der Waals surface area contributed by atoms with Crippen LogP contribution >= 0.6 is 0 Å². The number of benzene rings is 1. The van der Waals surface area contributed by atoms with Gasteiger partial charge in [-0.2, -0.15) is 0 Å². The predicted molar refractivity (Wildman–Crippen MR) is 51.1 cm³/mol. The average Bonchev–Trinajstić information content (AvgIpc) is 2.07. The number of carbonyl (C=O) groups excluding carboxylic acids is 1. The van der Waals surface area contributed by atoms with Crippen molar-refractivity contribution in [2.45, 2.75) is 6.92 Å². The van der Waals surface area contributed by atoms with Gasteiger partial charge in [0.05, 0.1) is 0 Å². The zero-order chi connectivity index (χ0) is 9.84. The molecule has 0 aromatic heterocycles. The SMILES string of the molecule is Cc1cc(C=CC(N)=O)ccc1O. The van der Waals surface area contributed by atoms with Crippen molar-refractivity contribution in [3.05, 3.63) is 35.4 Å². The number of amides is 1. The summed E-state index contributed by atoms with van der Waals surface area (Å²) in [7, 11) is 0. The number of aromatic hydroxyl groups is 1. The minimum Gasteiger partial charge on any atom is -0.508 e. The standard InChI is InChI=1S/C10H11NO2/c1-7-6-8(2-4-9(7)12)3-5-10(11)13/h2-6,12H,1H3,(H2,11,13). The lowest BCUT2D eigenvalue weighted by molar-refractivity contribution is -0.113. The highest BCUT2D eigenvalue weighted by molar-refractivity contribution is 5.90. The van der Waals surface area contributed by atoms with Crippen LogP contribution < -0.4 is 5.73 Å². The molecule has 3 N–H and O–H groups in total. The molecule has 0 spiro atoms. The minimum absolute atomic E-state index is 0.247. The molecule has 1 aromatic carbocycles. The maximum absolute atomic E-state index is 10.4. The molecule has 0 fully saturated rings. The van der Waals surface area contributed by atoms with Crippen LogP contribution in [0.3, 0.4) is 0 Å². The number of primary amides is 1. The van der Waals surface area contributed by atoms with Gasteiger partial charge in [0.15, 0.2) is 0 Å². The summed E-state index contributed by atoms with van der Waals surface area (Å²) in [6.07, 6.45) is 2.89. The molecule has 3 heteroatoms. The second-order valence-corrected chi connectivity index (χ2v) is 2.78. The van der Waals surface area contributed by atoms with E-state index in [-0.39, 0.29) is 5.75 Å². The Hall–Kier alpha value is -1.77. The van der Waals surface area contributed by atoms with Gasteiger partial charge in [0.2, 0.25) is 5.91 Å². The van der Waals surface area contributed by atoms with Crippen LogP contribution in [-0.2, 0) is 4.79 Å². The predicted octanol–water partition coefficient (Wildman–Crippen LogP) is 1.20. The number of phenolic OH excluding ortho intramolecular Hbond substituents is 1. The van der Waals surface area contributed by atoms with E-state index in [4.69, 9.17) is 5.73 Å². The van der Waals surface area contributed by atoms with Gasteiger partial charge in [0, 0.05) is 6.08 Å². The number of aryl methyl sites for hydroxylation is 1. The molecule has 1 rings (SSSR count). The summed E-state index contributed by atoms with van der Waals surface area (Å²) < 4.78 is 0. The van der Waals surface area contributed by atoms with Crippen LogP contribution in [-0.4, -0.2) is 11.0 Å². The maximum atomic E-state index is 10.4. The lowest BCUT2D eigenvalue weighted by Crippen LogP contribution is -2.05. The van der Waals surface area contributed by atoms with Crippen LogP contribution in [0.1, 0.15) is 11.1 Å². The average molecular weight is 177 g/mol. The zero-order valence-corrected chi connectivity index (χ0v) is 7.32. The molecule has 0 atom stereocenters. The van der Waals surface area contributed by atoms with E-state index in [0.717, 1.165) is 11.1 Å². The third kappa shape index (κ3) is 2.63. The third-order valence-electron chi connectivity index (χ3n) is 1.66. The first-order valence-corrected chi connectivity index (χ1v) is 3.87. The fourth-order valence-corrected chi connectivity index (χ4v) is 0.961. The first kappa shape index (κ1) is 9.32. The lowest BCUT2D eigenvalue weighted by Gasteiger charge is -1.98. The molecular weight excluding hydrogens is 166 g/mol. The second kappa shape index (κ2) is 3.76. The molecule has 0 unspecified atom stereocenters. The Morgan fingerprint density at radius 1 is 1.54 bits per heavy atom. The van der Waals surface area contributed by atoms with E-state index in [1.54, 1.807) is 31.2 Å². The molecule has 0 radical (unpaired) electrons. The Kier molecular flexibility index (Phi) is 2.69. The van der Waals surface area contributed by atoms with Gasteiger partial charge in [-0.3, -0.25) is 4.79 Å². The Bertz CT molecular complexity index is 356. The molecule has 68 valence electrons. The van der Waals surface area contributed by atoms with E-state index in [1.807, 2.05) is 0 Å². The minimum atomic E-state index is -0.481. The first-order valence-electron chi connectivity index (χ1n) is 3.87. The van der Waals surface area contributed by atoms with Crippen LogP contribution in [0.4, 0.5) is 0 Å². The van der Waals surface area contributed by atoms with Gasteiger partial charge < -0.3 is 10.8 Å². The topological polar surface area (TPSA) is 63.3 Å². The molecule has 0 saturated carbocycles. The highest BCUT2D eigenvalue weighted by Gasteiger charge is 1.95. The maximum Gasteiger partial charge on any atom is 0.241 e. The number of rotatable bonds is 2. The van der Waals surface area contributed by atoms with E-state index < -0.39 is 5.91 Å². The first-order chi connectivity index (χ1) is 6.09. The van der Waals surface area contributed by atoms with E-state index in [9.17, 15) is 9.90 Å². The number of phenols is 1. The van der Waals surface area contributed by atoms with Crippen molar-refractivity contribution in [2.75, 3.05) is 0 Å². The number of carbonyl (C=O) groups is 1. The van der Waals surface area contributed by atoms with Crippen molar-refractivity contribution in [1.29, 1.82) is 0 Å². The Morgan fingerprint density at radius 2 is 2.23 bits per heavy atom. The van der Waals surface area contributed by atoms with Crippen molar-refractivity contribution >= 4 is 12.0 Å². The fourth-order valence-electron chi connectivity index (χ4n) is 0.961. The van der Waals surface area contributed by atoms with Gasteiger partial charge in [-0.05, 0) is 36.3 Å². The molecule has 0 saturated heterocycles. The molecule has 13 heavy (non-hydrogen) atoms. The van der Waals surface area contributed by atoms with Crippen LogP contribution in [0.15, 0.2) is 24.3 Å². The van der Waals surface area contributed by atoms with Crippen molar-refractivity contribution < 1.29 is 9.90 Å². The molecule has 1 amide bonds. The summed E-state index contributed by atoms with van der Waals surface area (Å²) in [6.45, 7) is 1.79. The normalized spacial score (nSPS) is 10.5. The van der Waals surface area contributed by atoms with Gasteiger partial charge >= 0.3 is 0 Å². The zero-order valence-electron chi connectivity index (χ0n) is 7.32. The number of nitrogens with two attached hydrogens (primary N) is 1. The van der Waals surface area contributed by atoms with Crippen molar-refractivity contribution in [2.24, 2.45) is 5.73 Å². The Morgan fingerprint density at radius 3 is 2.77 bits per heavy atom. The lowest BCUT2D eigenvalue weighted by atomic mass is 10.1. The fraction of sp³-hybridized carbons (Fsp3) is 0.100. The summed E-state index contributed by atoms with van der Waals surface area (Å²) in [4.78, 5) is 10.4. The summed E-state index contributed by atoms with van der Waals surface area (Å²) in [5.74, 6) is -0.234. The summed E-state index contributed by atoms with van der Waals surface area (Å²) in [5, 5.41) is 9.21. The molecule has 0 heterocycles. The number of hydrogen-bond acceptors (Lipinski definition) is 2. The highest BCUT2D eigenvalue weighted by atomic mass is 16.3. The second-order valence-electron chi connectivity index (χ2n) is 2.78. The van der Waals surface area contributed by atoms with Crippen LogP contribution in [0.5, 0.6) is 5.75 Å². The molecule has 0 aliphatic carbocycles. The van der Waals surface area contributed by atoms with Crippen molar-refractivity contribution in [3.8, 4) is 5.75 Å². The van der Waals surface area contributed by atoms with Gasteiger partial charge in [-0.15, -0.1) is 0 Å². The molecule has 1 aromatic rings. The largest absolute Gasteiger partial charge is 0.508 e. The monoisotopic (exact) mass is 177 g/mol.